The SMILES string of the molecule is CCCSc1cc(OC)c(N)cc1F. The molecule has 0 saturated carbocycles. The van der Waals surface area contributed by atoms with Crippen LogP contribution in [0.5, 0.6) is 5.75 Å². The van der Waals surface area contributed by atoms with Gasteiger partial charge < -0.3 is 10.5 Å². The lowest BCUT2D eigenvalue weighted by Crippen LogP contribution is -1.95. The molecule has 0 aliphatic carbocycles. The predicted molar refractivity (Wildman–Crippen MR) is 58.4 cm³/mol. The molecule has 0 unspecified atom stereocenters. The minimum absolute atomic E-state index is 0.276. The summed E-state index contributed by atoms with van der Waals surface area (Å²) in [4.78, 5) is 0.595. The second-order valence-electron chi connectivity index (χ2n) is 2.87. The first-order valence-electron chi connectivity index (χ1n) is 4.44. The van der Waals surface area contributed by atoms with E-state index in [0.717, 1.165) is 12.2 Å². The highest BCUT2D eigenvalue weighted by Crippen LogP contribution is 2.31. The lowest BCUT2D eigenvalue weighted by molar-refractivity contribution is 0.414. The van der Waals surface area contributed by atoms with Crippen LogP contribution in [0.25, 0.3) is 0 Å². The number of anilines is 1. The van der Waals surface area contributed by atoms with Crippen LogP contribution in [0.15, 0.2) is 17.0 Å². The summed E-state index contributed by atoms with van der Waals surface area (Å²) in [5.41, 5.74) is 5.89. The number of ether oxygens (including phenoxy) is 1. The van der Waals surface area contributed by atoms with Crippen molar-refractivity contribution in [2.24, 2.45) is 0 Å². The Morgan fingerprint density at radius 1 is 1.50 bits per heavy atom. The molecule has 0 fully saturated rings. The molecule has 2 nitrogen and oxygen atoms in total. The third-order valence-corrected chi connectivity index (χ3v) is 2.98. The first-order valence-corrected chi connectivity index (χ1v) is 5.43. The zero-order valence-corrected chi connectivity index (χ0v) is 9.16. The maximum absolute atomic E-state index is 13.3. The maximum Gasteiger partial charge on any atom is 0.143 e. The first-order chi connectivity index (χ1) is 6.69. The molecular formula is C10H14FNOS. The van der Waals surface area contributed by atoms with Crippen molar-refractivity contribution in [3.05, 3.63) is 17.9 Å². The number of rotatable bonds is 4. The van der Waals surface area contributed by atoms with Crippen LogP contribution in [0.3, 0.4) is 0 Å². The fraction of sp³-hybridized carbons (Fsp3) is 0.400. The summed E-state index contributed by atoms with van der Waals surface area (Å²) in [6.45, 7) is 2.05. The molecule has 0 amide bonds. The smallest absolute Gasteiger partial charge is 0.143 e. The number of methoxy groups -OCH3 is 1. The topological polar surface area (TPSA) is 35.2 Å². The summed E-state index contributed by atoms with van der Waals surface area (Å²) < 4.78 is 18.3. The van der Waals surface area contributed by atoms with E-state index in [9.17, 15) is 4.39 Å². The van der Waals surface area contributed by atoms with Crippen molar-refractivity contribution >= 4 is 17.4 Å². The molecule has 2 N–H and O–H groups in total. The minimum Gasteiger partial charge on any atom is -0.495 e. The molecule has 0 aliphatic rings. The van der Waals surface area contributed by atoms with Gasteiger partial charge in [0.2, 0.25) is 0 Å². The highest BCUT2D eigenvalue weighted by molar-refractivity contribution is 7.99. The van der Waals surface area contributed by atoms with E-state index in [1.807, 2.05) is 0 Å². The average molecular weight is 215 g/mol. The molecule has 0 bridgehead atoms. The average Bonchev–Trinajstić information content (AvgIpc) is 2.17. The second kappa shape index (κ2) is 5.10. The largest absolute Gasteiger partial charge is 0.495 e. The summed E-state index contributed by atoms with van der Waals surface area (Å²) in [5.74, 6) is 1.15. The quantitative estimate of drug-likeness (QED) is 0.619. The number of halogens is 1. The van der Waals surface area contributed by atoms with Crippen molar-refractivity contribution in [3.8, 4) is 5.75 Å². The van der Waals surface area contributed by atoms with Crippen molar-refractivity contribution < 1.29 is 9.13 Å². The van der Waals surface area contributed by atoms with Gasteiger partial charge in [0.1, 0.15) is 11.6 Å². The summed E-state index contributed by atoms with van der Waals surface area (Å²) in [6, 6.07) is 2.95. The predicted octanol–water partition coefficient (Wildman–Crippen LogP) is 2.92. The molecule has 1 aromatic carbocycles. The number of benzene rings is 1. The fourth-order valence-corrected chi connectivity index (χ4v) is 1.86. The third kappa shape index (κ3) is 2.54. The van der Waals surface area contributed by atoms with E-state index in [1.54, 1.807) is 6.07 Å². The van der Waals surface area contributed by atoms with Crippen LogP contribution < -0.4 is 10.5 Å². The van der Waals surface area contributed by atoms with E-state index in [2.05, 4.69) is 6.92 Å². The number of nitrogen functional groups attached to an aromatic ring is 1. The zero-order valence-electron chi connectivity index (χ0n) is 8.34. The van der Waals surface area contributed by atoms with Gasteiger partial charge in [-0.2, -0.15) is 0 Å². The highest BCUT2D eigenvalue weighted by Gasteiger charge is 2.08. The van der Waals surface area contributed by atoms with Crippen LogP contribution in [0, 0.1) is 5.82 Å². The molecular weight excluding hydrogens is 201 g/mol. The van der Waals surface area contributed by atoms with Crippen LogP contribution in [-0.2, 0) is 0 Å². The standard InChI is InChI=1S/C10H14FNOS/c1-3-4-14-10-6-9(13-2)8(12)5-7(10)11/h5-6H,3-4,12H2,1-2H3. The van der Waals surface area contributed by atoms with Crippen LogP contribution in [-0.4, -0.2) is 12.9 Å². The lowest BCUT2D eigenvalue weighted by Gasteiger charge is -2.08. The van der Waals surface area contributed by atoms with E-state index in [4.69, 9.17) is 10.5 Å². The molecule has 4 heteroatoms. The van der Waals surface area contributed by atoms with Gasteiger partial charge >= 0.3 is 0 Å². The lowest BCUT2D eigenvalue weighted by atomic mass is 10.3. The van der Waals surface area contributed by atoms with Crippen LogP contribution in [0.1, 0.15) is 13.3 Å². The van der Waals surface area contributed by atoms with E-state index < -0.39 is 0 Å². The molecule has 78 valence electrons. The Hall–Kier alpha value is -0.900. The Morgan fingerprint density at radius 3 is 2.79 bits per heavy atom. The zero-order chi connectivity index (χ0) is 10.6. The van der Waals surface area contributed by atoms with Gasteiger partial charge in [0.15, 0.2) is 0 Å². The monoisotopic (exact) mass is 215 g/mol. The molecule has 0 aromatic heterocycles. The van der Waals surface area contributed by atoms with Crippen LogP contribution in [0.2, 0.25) is 0 Å². The molecule has 0 saturated heterocycles. The van der Waals surface area contributed by atoms with Gasteiger partial charge in [-0.1, -0.05) is 6.92 Å². The maximum atomic E-state index is 13.3. The Morgan fingerprint density at radius 2 is 2.21 bits per heavy atom. The van der Waals surface area contributed by atoms with Gasteiger partial charge in [-0.25, -0.2) is 4.39 Å². The Kier molecular flexibility index (Phi) is 4.07. The highest BCUT2D eigenvalue weighted by atomic mass is 32.2. The summed E-state index contributed by atoms with van der Waals surface area (Å²) >= 11 is 1.47. The molecule has 0 spiro atoms. The van der Waals surface area contributed by atoms with E-state index in [-0.39, 0.29) is 5.82 Å². The third-order valence-electron chi connectivity index (χ3n) is 1.75. The van der Waals surface area contributed by atoms with Gasteiger partial charge in [0.05, 0.1) is 12.8 Å². The van der Waals surface area contributed by atoms with E-state index in [1.165, 1.54) is 24.9 Å². The molecule has 0 heterocycles. The number of hydrogen-bond donors (Lipinski definition) is 1. The Bertz CT molecular complexity index is 317. The first kappa shape index (κ1) is 11.2. The van der Waals surface area contributed by atoms with Crippen LogP contribution in [0.4, 0.5) is 10.1 Å². The van der Waals surface area contributed by atoms with Gasteiger partial charge in [0.25, 0.3) is 0 Å². The van der Waals surface area contributed by atoms with E-state index >= 15 is 0 Å². The Labute approximate surface area is 87.6 Å². The van der Waals surface area contributed by atoms with Crippen molar-refractivity contribution in [3.63, 3.8) is 0 Å². The summed E-state index contributed by atoms with van der Waals surface area (Å²) in [6.07, 6.45) is 1.01. The molecule has 1 rings (SSSR count). The van der Waals surface area contributed by atoms with Crippen molar-refractivity contribution in [1.82, 2.24) is 0 Å². The number of hydrogen-bond acceptors (Lipinski definition) is 3. The molecule has 0 radical (unpaired) electrons. The van der Waals surface area contributed by atoms with E-state index in [0.29, 0.717) is 16.3 Å². The summed E-state index contributed by atoms with van der Waals surface area (Å²) in [7, 11) is 1.53. The normalized spacial score (nSPS) is 10.2. The van der Waals surface area contributed by atoms with Crippen molar-refractivity contribution in [2.45, 2.75) is 18.2 Å². The molecule has 0 aliphatic heterocycles. The molecule has 1 aromatic rings. The Balaban J connectivity index is 2.92. The number of nitrogens with two attached hydrogens (primary N) is 1. The van der Waals surface area contributed by atoms with Crippen molar-refractivity contribution in [1.29, 1.82) is 0 Å². The van der Waals surface area contributed by atoms with Crippen molar-refractivity contribution in [2.75, 3.05) is 18.6 Å². The van der Waals surface area contributed by atoms with Gasteiger partial charge in [-0.3, -0.25) is 0 Å². The molecule has 14 heavy (non-hydrogen) atoms. The van der Waals surface area contributed by atoms with Crippen LogP contribution >= 0.6 is 11.8 Å². The number of thioether (sulfide) groups is 1. The molecule has 0 atom stereocenters. The second-order valence-corrected chi connectivity index (χ2v) is 4.01. The van der Waals surface area contributed by atoms with Gasteiger partial charge in [0, 0.05) is 11.0 Å². The van der Waals surface area contributed by atoms with Gasteiger partial charge in [-0.15, -0.1) is 11.8 Å². The fourth-order valence-electron chi connectivity index (χ4n) is 1.05. The minimum atomic E-state index is -0.276. The van der Waals surface area contributed by atoms with Gasteiger partial charge in [-0.05, 0) is 18.2 Å². The summed E-state index contributed by atoms with van der Waals surface area (Å²) in [5, 5.41) is 0.